The van der Waals surface area contributed by atoms with Gasteiger partial charge in [-0.3, -0.25) is 0 Å². The quantitative estimate of drug-likeness (QED) is 0.249. The summed E-state index contributed by atoms with van der Waals surface area (Å²) in [4.78, 5) is 2.56. The Morgan fingerprint density at radius 1 is 0.784 bits per heavy atom. The molecule has 4 heteroatoms. The maximum Gasteiger partial charge on any atom is 0.123 e. The van der Waals surface area contributed by atoms with E-state index in [1.165, 1.54) is 37.6 Å². The van der Waals surface area contributed by atoms with Gasteiger partial charge in [0.2, 0.25) is 0 Å². The van der Waals surface area contributed by atoms with Crippen molar-refractivity contribution in [2.24, 2.45) is 0 Å². The summed E-state index contributed by atoms with van der Waals surface area (Å²) in [6.45, 7) is 6.68. The molecule has 1 unspecified atom stereocenters. The number of allylic oxidation sites excluding steroid dienone is 4. The van der Waals surface area contributed by atoms with Crippen molar-refractivity contribution in [1.29, 1.82) is 0 Å². The van der Waals surface area contributed by atoms with Crippen LogP contribution in [0.25, 0.3) is 32.7 Å². The standard InChI is InChI=1S/C33H31ClO2S/c1-21-8-10-23(11-9-21)29-30(25-17-27(35-4)19-28(18-25)36-5)32(33(3)16-6-7-22(2)20-33)37-31(29)24-12-14-26(34)15-13-24/h6-19H,20H2,1-5H3. The van der Waals surface area contributed by atoms with Crippen molar-refractivity contribution < 1.29 is 9.47 Å². The molecule has 1 aromatic heterocycles. The molecule has 1 aliphatic rings. The molecular weight excluding hydrogens is 496 g/mol. The summed E-state index contributed by atoms with van der Waals surface area (Å²) in [6, 6.07) is 23.2. The molecule has 3 aromatic carbocycles. The lowest BCUT2D eigenvalue weighted by molar-refractivity contribution is 0.394. The number of methoxy groups -OCH3 is 2. The number of thiophene rings is 1. The van der Waals surface area contributed by atoms with E-state index in [0.717, 1.165) is 34.1 Å². The van der Waals surface area contributed by atoms with Crippen LogP contribution in [0.15, 0.2) is 90.5 Å². The van der Waals surface area contributed by atoms with E-state index < -0.39 is 0 Å². The zero-order valence-electron chi connectivity index (χ0n) is 21.9. The van der Waals surface area contributed by atoms with E-state index in [1.807, 2.05) is 29.5 Å². The van der Waals surface area contributed by atoms with Crippen molar-refractivity contribution in [3.8, 4) is 44.2 Å². The van der Waals surface area contributed by atoms with E-state index >= 15 is 0 Å². The lowest BCUT2D eigenvalue weighted by atomic mass is 9.76. The molecule has 0 bridgehead atoms. The third kappa shape index (κ3) is 4.99. The van der Waals surface area contributed by atoms with Crippen molar-refractivity contribution in [3.05, 3.63) is 106 Å². The molecule has 0 fully saturated rings. The van der Waals surface area contributed by atoms with Crippen LogP contribution in [-0.4, -0.2) is 14.2 Å². The fourth-order valence-corrected chi connectivity index (χ4v) is 6.74. The average molecular weight is 527 g/mol. The zero-order chi connectivity index (χ0) is 26.2. The third-order valence-corrected chi connectivity index (χ3v) is 8.78. The molecule has 1 heterocycles. The molecule has 2 nitrogen and oxygen atoms in total. The van der Waals surface area contributed by atoms with Crippen molar-refractivity contribution >= 4 is 22.9 Å². The Bertz CT molecular complexity index is 1470. The predicted octanol–water partition coefficient (Wildman–Crippen LogP) is 9.89. The fourth-order valence-electron chi connectivity index (χ4n) is 5.14. The van der Waals surface area contributed by atoms with Crippen molar-refractivity contribution in [2.45, 2.75) is 32.6 Å². The van der Waals surface area contributed by atoms with Crippen LogP contribution in [0.2, 0.25) is 5.02 Å². The minimum absolute atomic E-state index is 0.154. The van der Waals surface area contributed by atoms with E-state index in [4.69, 9.17) is 21.1 Å². The molecule has 1 atom stereocenters. The van der Waals surface area contributed by atoms with Gasteiger partial charge in [0.15, 0.2) is 0 Å². The van der Waals surface area contributed by atoms with Gasteiger partial charge in [-0.05, 0) is 61.2 Å². The van der Waals surface area contributed by atoms with Gasteiger partial charge in [-0.15, -0.1) is 11.3 Å². The largest absolute Gasteiger partial charge is 0.497 e. The van der Waals surface area contributed by atoms with Crippen molar-refractivity contribution in [2.75, 3.05) is 14.2 Å². The maximum atomic E-state index is 6.29. The second kappa shape index (κ2) is 10.2. The summed E-state index contributed by atoms with van der Waals surface area (Å²) in [5, 5.41) is 0.734. The molecule has 37 heavy (non-hydrogen) atoms. The van der Waals surface area contributed by atoms with E-state index in [9.17, 15) is 0 Å². The number of hydrogen-bond acceptors (Lipinski definition) is 3. The third-order valence-electron chi connectivity index (χ3n) is 7.00. The van der Waals surface area contributed by atoms with Crippen molar-refractivity contribution in [3.63, 3.8) is 0 Å². The first kappa shape index (κ1) is 25.4. The van der Waals surface area contributed by atoms with E-state index in [-0.39, 0.29) is 5.41 Å². The molecule has 0 aliphatic heterocycles. The molecule has 0 N–H and O–H groups in total. The Morgan fingerprint density at radius 2 is 1.41 bits per heavy atom. The number of benzene rings is 3. The topological polar surface area (TPSA) is 18.5 Å². The number of hydrogen-bond donors (Lipinski definition) is 0. The smallest absolute Gasteiger partial charge is 0.123 e. The Kier molecular flexibility index (Phi) is 7.02. The molecular formula is C33H31ClO2S. The Hall–Kier alpha value is -3.27. The predicted molar refractivity (Wildman–Crippen MR) is 158 cm³/mol. The van der Waals surface area contributed by atoms with E-state index in [2.05, 4.69) is 87.5 Å². The molecule has 0 spiro atoms. The highest BCUT2D eigenvalue weighted by Gasteiger charge is 2.34. The summed E-state index contributed by atoms with van der Waals surface area (Å²) < 4.78 is 11.4. The van der Waals surface area contributed by atoms with Crippen LogP contribution in [0.3, 0.4) is 0 Å². The molecule has 0 saturated heterocycles. The van der Waals surface area contributed by atoms with Crippen LogP contribution in [0.4, 0.5) is 0 Å². The second-order valence-electron chi connectivity index (χ2n) is 9.95. The number of ether oxygens (including phenoxy) is 2. The zero-order valence-corrected chi connectivity index (χ0v) is 23.5. The van der Waals surface area contributed by atoms with Crippen LogP contribution in [-0.2, 0) is 5.41 Å². The molecule has 1 aliphatic carbocycles. The summed E-state index contributed by atoms with van der Waals surface area (Å²) >= 11 is 8.16. The minimum atomic E-state index is -0.154. The maximum absolute atomic E-state index is 6.29. The van der Waals surface area contributed by atoms with Crippen molar-refractivity contribution in [1.82, 2.24) is 0 Å². The van der Waals surface area contributed by atoms with E-state index in [1.54, 1.807) is 14.2 Å². The first-order valence-electron chi connectivity index (χ1n) is 12.4. The van der Waals surface area contributed by atoms with Crippen LogP contribution in [0.5, 0.6) is 11.5 Å². The van der Waals surface area contributed by atoms with E-state index in [0.29, 0.717) is 0 Å². The second-order valence-corrected chi connectivity index (χ2v) is 11.4. The number of aryl methyl sites for hydroxylation is 1. The molecule has 0 amide bonds. The number of halogens is 1. The normalized spacial score (nSPS) is 17.0. The number of rotatable bonds is 6. The molecule has 0 saturated carbocycles. The average Bonchev–Trinajstić information content (AvgIpc) is 3.31. The SMILES string of the molecule is COc1cc(OC)cc(-c2c(C3(C)C=CC=C(C)C3)sc(-c3ccc(Cl)cc3)c2-c2ccc(C)cc2)c1. The molecule has 0 radical (unpaired) electrons. The Morgan fingerprint density at radius 3 is 2.00 bits per heavy atom. The van der Waals surface area contributed by atoms with Crippen LogP contribution in [0.1, 0.15) is 30.7 Å². The molecule has 188 valence electrons. The van der Waals surface area contributed by atoms with Gasteiger partial charge in [0.05, 0.1) is 14.2 Å². The van der Waals surface area contributed by atoms with Gasteiger partial charge < -0.3 is 9.47 Å². The van der Waals surface area contributed by atoms with Gasteiger partial charge >= 0.3 is 0 Å². The van der Waals surface area contributed by atoms with Gasteiger partial charge in [0.25, 0.3) is 0 Å². The first-order chi connectivity index (χ1) is 17.8. The van der Waals surface area contributed by atoms with Crippen LogP contribution < -0.4 is 9.47 Å². The lowest BCUT2D eigenvalue weighted by Gasteiger charge is -2.29. The van der Waals surface area contributed by atoms with Gasteiger partial charge in [0.1, 0.15) is 11.5 Å². The summed E-state index contributed by atoms with van der Waals surface area (Å²) in [7, 11) is 3.40. The highest BCUT2D eigenvalue weighted by atomic mass is 35.5. The van der Waals surface area contributed by atoms with Crippen LogP contribution in [0, 0.1) is 6.92 Å². The highest BCUT2D eigenvalue weighted by Crippen LogP contribution is 2.54. The first-order valence-corrected chi connectivity index (χ1v) is 13.6. The monoisotopic (exact) mass is 526 g/mol. The highest BCUT2D eigenvalue weighted by molar-refractivity contribution is 7.17. The summed E-state index contributed by atoms with van der Waals surface area (Å²) in [5.74, 6) is 1.55. The van der Waals surface area contributed by atoms with Crippen LogP contribution >= 0.6 is 22.9 Å². The summed E-state index contributed by atoms with van der Waals surface area (Å²) in [5.41, 5.74) is 8.32. The van der Waals surface area contributed by atoms with Gasteiger partial charge in [-0.2, -0.15) is 0 Å². The summed E-state index contributed by atoms with van der Waals surface area (Å²) in [6.07, 6.45) is 7.72. The molecule has 4 aromatic rings. The van der Waals surface area contributed by atoms with Gasteiger partial charge in [-0.25, -0.2) is 0 Å². The lowest BCUT2D eigenvalue weighted by Crippen LogP contribution is -2.20. The van der Waals surface area contributed by atoms with Gasteiger partial charge in [-0.1, -0.05) is 84.3 Å². The Balaban J connectivity index is 1.89. The minimum Gasteiger partial charge on any atom is -0.497 e. The fraction of sp³-hybridized carbons (Fsp3) is 0.212. The molecule has 5 rings (SSSR count). The van der Waals surface area contributed by atoms with Gasteiger partial charge in [0, 0.05) is 37.4 Å². The Labute approximate surface area is 228 Å².